The molecule has 2 saturated heterocycles. The maximum absolute atomic E-state index is 12.7. The number of carbonyl (C=O) groups is 3. The van der Waals surface area contributed by atoms with Gasteiger partial charge in [0.1, 0.15) is 0 Å². The third kappa shape index (κ3) is 11.8. The molecule has 2 fully saturated rings. The molecule has 16 heteroatoms. The number of piperazine rings is 1. The summed E-state index contributed by atoms with van der Waals surface area (Å²) < 4.78 is 69.5. The molecule has 1 aromatic rings. The van der Waals surface area contributed by atoms with Gasteiger partial charge in [0.25, 0.3) is 5.91 Å². The Morgan fingerprint density at radius 3 is 2.05 bits per heavy atom. The first-order valence-electron chi connectivity index (χ1n) is 11.1. The van der Waals surface area contributed by atoms with Gasteiger partial charge in [0.2, 0.25) is 0 Å². The number of likely N-dealkylation sites (N-methyl/N-ethyl adjacent to an activating group) is 1. The van der Waals surface area contributed by atoms with E-state index in [1.807, 2.05) is 17.0 Å². The summed E-state index contributed by atoms with van der Waals surface area (Å²) in [6, 6.07) is 7.62. The van der Waals surface area contributed by atoms with Gasteiger partial charge in [-0.2, -0.15) is 26.3 Å². The minimum absolute atomic E-state index is 0.0779. The summed E-state index contributed by atoms with van der Waals surface area (Å²) in [5.74, 6) is -5.44. The molecule has 3 rings (SSSR count). The van der Waals surface area contributed by atoms with Crippen molar-refractivity contribution >= 4 is 29.4 Å². The molecule has 0 aromatic heterocycles. The second-order valence-electron chi connectivity index (χ2n) is 8.55. The van der Waals surface area contributed by atoms with Gasteiger partial charge in [-0.25, -0.2) is 9.59 Å². The Labute approximate surface area is 219 Å². The summed E-state index contributed by atoms with van der Waals surface area (Å²) in [6.45, 7) is 5.16. The summed E-state index contributed by atoms with van der Waals surface area (Å²) in [4.78, 5) is 37.0. The molecule has 1 aromatic carbocycles. The number of alkyl halides is 6. The fraction of sp³-hybridized carbons (Fsp3) is 0.591. The SMILES string of the molecule is CN(C)CCO[C@@H]1C[C@H]2CN(C(=O)c3cccc(Cl)c3)CCN2C1.O=C(O)C(F)(F)F.O=C(O)C(F)(F)F. The van der Waals surface area contributed by atoms with Crippen LogP contribution in [0.5, 0.6) is 0 Å². The summed E-state index contributed by atoms with van der Waals surface area (Å²) in [5.41, 5.74) is 0.674. The minimum atomic E-state index is -5.08. The predicted molar refractivity (Wildman–Crippen MR) is 123 cm³/mol. The third-order valence-electron chi connectivity index (χ3n) is 5.31. The van der Waals surface area contributed by atoms with E-state index in [1.165, 1.54) is 0 Å². The molecule has 38 heavy (non-hydrogen) atoms. The highest BCUT2D eigenvalue weighted by Crippen LogP contribution is 2.25. The fourth-order valence-electron chi connectivity index (χ4n) is 3.51. The van der Waals surface area contributed by atoms with Crippen molar-refractivity contribution in [3.05, 3.63) is 34.9 Å². The molecule has 2 N–H and O–H groups in total. The zero-order valence-corrected chi connectivity index (χ0v) is 21.2. The summed E-state index contributed by atoms with van der Waals surface area (Å²) in [6.07, 6.45) is -8.87. The van der Waals surface area contributed by atoms with Crippen LogP contribution >= 0.6 is 11.6 Å². The Bertz CT molecular complexity index is 923. The zero-order valence-electron chi connectivity index (χ0n) is 20.4. The van der Waals surface area contributed by atoms with Crippen LogP contribution in [0.3, 0.4) is 0 Å². The average Bonchev–Trinajstić information content (AvgIpc) is 3.19. The number of ether oxygens (including phenoxy) is 1. The molecule has 2 atom stereocenters. The van der Waals surface area contributed by atoms with E-state index in [-0.39, 0.29) is 12.0 Å². The van der Waals surface area contributed by atoms with Gasteiger partial charge in [0.05, 0.1) is 12.7 Å². The smallest absolute Gasteiger partial charge is 0.475 e. The molecule has 2 aliphatic heterocycles. The fourth-order valence-corrected chi connectivity index (χ4v) is 3.70. The molecule has 0 aliphatic carbocycles. The highest BCUT2D eigenvalue weighted by atomic mass is 35.5. The summed E-state index contributed by atoms with van der Waals surface area (Å²) in [5, 5.41) is 14.9. The minimum Gasteiger partial charge on any atom is -0.475 e. The van der Waals surface area contributed by atoms with Crippen molar-refractivity contribution < 1.29 is 55.7 Å². The molecular weight excluding hydrogens is 552 g/mol. The van der Waals surface area contributed by atoms with Crippen molar-refractivity contribution in [2.75, 3.05) is 53.4 Å². The monoisotopic (exact) mass is 579 g/mol. The standard InChI is InChI=1S/C18H26ClN3O2.2C2HF3O2/c1-20(2)8-9-24-17-11-16-12-22(7-6-21(16)13-17)18(23)14-4-3-5-15(19)10-14;2*3-2(4,5)1(6)7/h3-5,10,16-17H,6-9,11-13H2,1-2H3;2*(H,6,7)/t16-,17+;;/m0../s1. The number of hydrogen-bond donors (Lipinski definition) is 2. The lowest BCUT2D eigenvalue weighted by Gasteiger charge is -2.37. The largest absolute Gasteiger partial charge is 0.490 e. The van der Waals surface area contributed by atoms with Gasteiger partial charge in [-0.3, -0.25) is 9.69 Å². The van der Waals surface area contributed by atoms with Crippen LogP contribution in [-0.4, -0.2) is 121 Å². The molecule has 9 nitrogen and oxygen atoms in total. The Morgan fingerprint density at radius 1 is 1.03 bits per heavy atom. The molecule has 2 heterocycles. The number of halogens is 7. The van der Waals surface area contributed by atoms with Gasteiger partial charge in [-0.05, 0) is 38.7 Å². The first kappa shape index (κ1) is 33.4. The number of carboxylic acid groups (broad SMARTS) is 2. The van der Waals surface area contributed by atoms with Gasteiger partial charge < -0.3 is 24.7 Å². The lowest BCUT2D eigenvalue weighted by molar-refractivity contribution is -0.193. The Morgan fingerprint density at radius 2 is 1.58 bits per heavy atom. The van der Waals surface area contributed by atoms with Crippen LogP contribution in [0.25, 0.3) is 0 Å². The topological polar surface area (TPSA) is 111 Å². The molecule has 216 valence electrons. The van der Waals surface area contributed by atoms with E-state index < -0.39 is 24.3 Å². The highest BCUT2D eigenvalue weighted by Gasteiger charge is 2.39. The molecule has 1 amide bonds. The van der Waals surface area contributed by atoms with Crippen molar-refractivity contribution in [3.8, 4) is 0 Å². The van der Waals surface area contributed by atoms with Gasteiger partial charge in [-0.1, -0.05) is 17.7 Å². The first-order valence-corrected chi connectivity index (χ1v) is 11.4. The van der Waals surface area contributed by atoms with Crippen molar-refractivity contribution in [1.82, 2.24) is 14.7 Å². The van der Waals surface area contributed by atoms with Crippen LogP contribution in [0.1, 0.15) is 16.8 Å². The van der Waals surface area contributed by atoms with Crippen molar-refractivity contribution in [2.45, 2.75) is 30.9 Å². The molecule has 0 spiro atoms. The zero-order chi connectivity index (χ0) is 29.3. The van der Waals surface area contributed by atoms with Crippen LogP contribution in [0.15, 0.2) is 24.3 Å². The van der Waals surface area contributed by atoms with E-state index >= 15 is 0 Å². The molecule has 2 aliphatic rings. The molecular formula is C22H28ClF6N3O6. The predicted octanol–water partition coefficient (Wildman–Crippen LogP) is 3.08. The number of amides is 1. The number of benzene rings is 1. The third-order valence-corrected chi connectivity index (χ3v) is 5.55. The lowest BCUT2D eigenvalue weighted by atomic mass is 10.1. The summed E-state index contributed by atoms with van der Waals surface area (Å²) >= 11 is 6.01. The number of rotatable bonds is 5. The number of carboxylic acids is 2. The lowest BCUT2D eigenvalue weighted by Crippen LogP contribution is -2.52. The number of aliphatic carboxylic acids is 2. The number of hydrogen-bond acceptors (Lipinski definition) is 6. The van der Waals surface area contributed by atoms with Crippen molar-refractivity contribution in [1.29, 1.82) is 0 Å². The second-order valence-corrected chi connectivity index (χ2v) is 8.98. The number of carbonyl (C=O) groups excluding carboxylic acids is 1. The average molecular weight is 580 g/mol. The normalized spacial score (nSPS) is 19.6. The van der Waals surface area contributed by atoms with E-state index in [4.69, 9.17) is 36.1 Å². The Kier molecular flexibility index (Phi) is 12.8. The molecule has 0 bridgehead atoms. The van der Waals surface area contributed by atoms with Crippen LogP contribution in [0.4, 0.5) is 26.3 Å². The van der Waals surface area contributed by atoms with Crippen molar-refractivity contribution in [3.63, 3.8) is 0 Å². The van der Waals surface area contributed by atoms with Gasteiger partial charge in [0, 0.05) is 49.4 Å². The van der Waals surface area contributed by atoms with Crippen molar-refractivity contribution in [2.24, 2.45) is 0 Å². The van der Waals surface area contributed by atoms with E-state index in [9.17, 15) is 31.1 Å². The second kappa shape index (κ2) is 14.5. The Hall–Kier alpha value is -2.62. The maximum atomic E-state index is 12.7. The van der Waals surface area contributed by atoms with E-state index in [0.29, 0.717) is 16.6 Å². The van der Waals surface area contributed by atoms with E-state index in [2.05, 4.69) is 23.9 Å². The molecule has 0 saturated carbocycles. The van der Waals surface area contributed by atoms with Gasteiger partial charge in [0.15, 0.2) is 0 Å². The summed E-state index contributed by atoms with van der Waals surface area (Å²) in [7, 11) is 4.11. The first-order chi connectivity index (χ1) is 17.4. The van der Waals surface area contributed by atoms with Crippen LogP contribution < -0.4 is 0 Å². The van der Waals surface area contributed by atoms with Gasteiger partial charge >= 0.3 is 24.3 Å². The van der Waals surface area contributed by atoms with Crippen LogP contribution in [0.2, 0.25) is 5.02 Å². The number of fused-ring (bicyclic) bond motifs is 1. The quantitative estimate of drug-likeness (QED) is 0.512. The van der Waals surface area contributed by atoms with Crippen LogP contribution in [-0.2, 0) is 14.3 Å². The van der Waals surface area contributed by atoms with E-state index in [0.717, 1.165) is 45.8 Å². The Balaban J connectivity index is 0.000000426. The molecule has 0 radical (unpaired) electrons. The van der Waals surface area contributed by atoms with Crippen LogP contribution in [0, 0.1) is 0 Å². The highest BCUT2D eigenvalue weighted by molar-refractivity contribution is 6.30. The van der Waals surface area contributed by atoms with E-state index in [1.54, 1.807) is 12.1 Å². The maximum Gasteiger partial charge on any atom is 0.490 e. The molecule has 0 unspecified atom stereocenters. The number of nitrogens with zero attached hydrogens (tertiary/aromatic N) is 3. The van der Waals surface area contributed by atoms with Gasteiger partial charge in [-0.15, -0.1) is 0 Å².